The molecule has 7 heteroatoms. The molecular formula is C18H21N5OS. The van der Waals surface area contributed by atoms with Crippen molar-refractivity contribution in [3.05, 3.63) is 39.6 Å². The summed E-state index contributed by atoms with van der Waals surface area (Å²) in [6.07, 6.45) is 8.12. The number of allylic oxidation sites excluding steroid dienone is 2. The molecule has 25 heavy (non-hydrogen) atoms. The lowest BCUT2D eigenvalue weighted by molar-refractivity contribution is 0.193. The quantitative estimate of drug-likeness (QED) is 0.910. The second-order valence-corrected chi connectivity index (χ2v) is 7.08. The summed E-state index contributed by atoms with van der Waals surface area (Å²) in [5.41, 5.74) is 10.1. The first-order chi connectivity index (χ1) is 12.2. The fourth-order valence-electron chi connectivity index (χ4n) is 3.43. The van der Waals surface area contributed by atoms with E-state index in [4.69, 9.17) is 10.5 Å². The largest absolute Gasteiger partial charge is 0.379 e. The first kappa shape index (κ1) is 16.2. The molecule has 0 bridgehead atoms. The van der Waals surface area contributed by atoms with E-state index in [2.05, 4.69) is 38.9 Å². The maximum Gasteiger partial charge on any atom is 0.222 e. The van der Waals surface area contributed by atoms with Gasteiger partial charge in [-0.15, -0.1) is 11.3 Å². The molecule has 1 unspecified atom stereocenters. The normalized spacial score (nSPS) is 21.5. The van der Waals surface area contributed by atoms with Gasteiger partial charge in [-0.05, 0) is 25.8 Å². The Morgan fingerprint density at radius 2 is 2.32 bits per heavy atom. The number of thiazole rings is 1. The predicted molar refractivity (Wildman–Crippen MR) is 101 cm³/mol. The van der Waals surface area contributed by atoms with Gasteiger partial charge in [-0.3, -0.25) is 0 Å². The van der Waals surface area contributed by atoms with Crippen molar-refractivity contribution < 1.29 is 4.74 Å². The van der Waals surface area contributed by atoms with Crippen LogP contribution < -0.4 is 10.6 Å². The number of fused-ring (bicyclic) bond motifs is 1. The van der Waals surface area contributed by atoms with Crippen LogP contribution in [0.5, 0.6) is 0 Å². The van der Waals surface area contributed by atoms with Gasteiger partial charge in [0.1, 0.15) is 10.8 Å². The van der Waals surface area contributed by atoms with Crippen LogP contribution in [0.3, 0.4) is 0 Å². The van der Waals surface area contributed by atoms with Crippen molar-refractivity contribution in [3.8, 4) is 0 Å². The minimum absolute atomic E-state index is 0.244. The first-order valence-corrected chi connectivity index (χ1v) is 9.40. The number of aromatic nitrogens is 3. The van der Waals surface area contributed by atoms with Crippen LogP contribution in [0.2, 0.25) is 0 Å². The van der Waals surface area contributed by atoms with Gasteiger partial charge in [-0.2, -0.15) is 4.98 Å². The second-order valence-electron chi connectivity index (χ2n) is 6.18. The van der Waals surface area contributed by atoms with Gasteiger partial charge >= 0.3 is 0 Å². The topological polar surface area (TPSA) is 77.2 Å². The van der Waals surface area contributed by atoms with Crippen LogP contribution in [0.15, 0.2) is 23.3 Å². The molecule has 2 aliphatic rings. The molecule has 2 aromatic heterocycles. The fraction of sp³-hybridized carbons (Fsp3) is 0.389. The van der Waals surface area contributed by atoms with Crippen LogP contribution in [0.4, 0.5) is 11.8 Å². The van der Waals surface area contributed by atoms with Crippen molar-refractivity contribution in [1.82, 2.24) is 15.0 Å². The van der Waals surface area contributed by atoms with Crippen LogP contribution in [-0.4, -0.2) is 34.2 Å². The Hall–Kier alpha value is -2.25. The van der Waals surface area contributed by atoms with Gasteiger partial charge in [0.25, 0.3) is 0 Å². The van der Waals surface area contributed by atoms with E-state index in [0.717, 1.165) is 52.8 Å². The highest BCUT2D eigenvalue weighted by Crippen LogP contribution is 2.42. The Morgan fingerprint density at radius 1 is 1.44 bits per heavy atom. The zero-order valence-electron chi connectivity index (χ0n) is 14.4. The monoisotopic (exact) mass is 355 g/mol. The van der Waals surface area contributed by atoms with E-state index < -0.39 is 0 Å². The Morgan fingerprint density at radius 3 is 3.00 bits per heavy atom. The molecule has 1 saturated heterocycles. The highest BCUT2D eigenvalue weighted by Gasteiger charge is 2.34. The SMILES string of the molecule is CC/C=C1/C(c2nccs2)=Cc2c(C)nc(N)nc2N1C1CCOC1. The van der Waals surface area contributed by atoms with Gasteiger partial charge in [0, 0.05) is 35.0 Å². The number of nitrogens with two attached hydrogens (primary N) is 1. The van der Waals surface area contributed by atoms with E-state index in [1.807, 2.05) is 18.5 Å². The van der Waals surface area contributed by atoms with Crippen molar-refractivity contribution in [2.75, 3.05) is 23.8 Å². The number of ether oxygens (including phenoxy) is 1. The van der Waals surface area contributed by atoms with Gasteiger partial charge in [0.05, 0.1) is 18.3 Å². The second kappa shape index (κ2) is 6.57. The van der Waals surface area contributed by atoms with Crippen LogP contribution >= 0.6 is 11.3 Å². The van der Waals surface area contributed by atoms with Crippen molar-refractivity contribution in [2.24, 2.45) is 0 Å². The third-order valence-corrected chi connectivity index (χ3v) is 5.32. The zero-order valence-corrected chi connectivity index (χ0v) is 15.2. The van der Waals surface area contributed by atoms with E-state index in [9.17, 15) is 0 Å². The summed E-state index contributed by atoms with van der Waals surface area (Å²) >= 11 is 1.64. The molecule has 1 atom stereocenters. The summed E-state index contributed by atoms with van der Waals surface area (Å²) < 4.78 is 5.66. The molecule has 4 rings (SSSR count). The number of hydrogen-bond donors (Lipinski definition) is 1. The highest BCUT2D eigenvalue weighted by molar-refractivity contribution is 7.10. The lowest BCUT2D eigenvalue weighted by Crippen LogP contribution is -2.38. The molecule has 1 fully saturated rings. The van der Waals surface area contributed by atoms with Gasteiger partial charge in [-0.1, -0.05) is 13.0 Å². The van der Waals surface area contributed by atoms with Gasteiger partial charge in [0.15, 0.2) is 0 Å². The fourth-order valence-corrected chi connectivity index (χ4v) is 4.09. The molecule has 0 spiro atoms. The maximum atomic E-state index is 5.96. The van der Waals surface area contributed by atoms with E-state index in [0.29, 0.717) is 12.6 Å². The summed E-state index contributed by atoms with van der Waals surface area (Å²) in [5.74, 6) is 1.18. The Balaban J connectivity index is 1.96. The molecule has 4 heterocycles. The number of anilines is 2. The molecule has 2 N–H and O–H groups in total. The average Bonchev–Trinajstić information content (AvgIpc) is 3.28. The lowest BCUT2D eigenvalue weighted by atomic mass is 9.98. The molecule has 0 saturated carbocycles. The number of hydrogen-bond acceptors (Lipinski definition) is 7. The van der Waals surface area contributed by atoms with Crippen LogP contribution in [0.1, 0.15) is 36.0 Å². The van der Waals surface area contributed by atoms with Gasteiger partial charge < -0.3 is 15.4 Å². The van der Waals surface area contributed by atoms with E-state index >= 15 is 0 Å². The summed E-state index contributed by atoms with van der Waals surface area (Å²) in [7, 11) is 0. The van der Waals surface area contributed by atoms with E-state index in [1.54, 1.807) is 11.3 Å². The average molecular weight is 355 g/mol. The summed E-state index contributed by atoms with van der Waals surface area (Å²) in [5, 5.41) is 3.01. The number of rotatable bonds is 3. The third-order valence-electron chi connectivity index (χ3n) is 4.52. The van der Waals surface area contributed by atoms with Crippen molar-refractivity contribution in [2.45, 2.75) is 32.7 Å². The first-order valence-electron chi connectivity index (χ1n) is 8.52. The molecule has 6 nitrogen and oxygen atoms in total. The molecule has 0 aromatic carbocycles. The lowest BCUT2D eigenvalue weighted by Gasteiger charge is -2.36. The highest BCUT2D eigenvalue weighted by atomic mass is 32.1. The number of aryl methyl sites for hydroxylation is 1. The third kappa shape index (κ3) is 2.83. The molecular weight excluding hydrogens is 334 g/mol. The molecule has 0 aliphatic carbocycles. The Kier molecular flexibility index (Phi) is 4.27. The van der Waals surface area contributed by atoms with Crippen LogP contribution in [-0.2, 0) is 4.74 Å². The summed E-state index contributed by atoms with van der Waals surface area (Å²) in [6.45, 7) is 5.58. The van der Waals surface area contributed by atoms with E-state index in [-0.39, 0.29) is 6.04 Å². The smallest absolute Gasteiger partial charge is 0.222 e. The number of nitrogens with zero attached hydrogens (tertiary/aromatic N) is 4. The van der Waals surface area contributed by atoms with E-state index in [1.165, 1.54) is 0 Å². The molecule has 0 amide bonds. The molecule has 2 aromatic rings. The minimum Gasteiger partial charge on any atom is -0.379 e. The Bertz CT molecular complexity index is 837. The van der Waals surface area contributed by atoms with Crippen LogP contribution in [0, 0.1) is 6.92 Å². The Labute approximate surface area is 151 Å². The number of nitrogen functional groups attached to an aromatic ring is 1. The zero-order chi connectivity index (χ0) is 17.4. The predicted octanol–water partition coefficient (Wildman–Crippen LogP) is 3.27. The van der Waals surface area contributed by atoms with Crippen molar-refractivity contribution in [3.63, 3.8) is 0 Å². The van der Waals surface area contributed by atoms with Crippen LogP contribution in [0.25, 0.3) is 11.6 Å². The standard InChI is InChI=1S/C18H21N5OS/c1-3-4-15-14(17-20-6-8-25-17)9-13-11(2)21-18(19)22-16(13)23(15)12-5-7-24-10-12/h4,6,8-9,12H,3,5,7,10H2,1-2H3,(H2,19,21,22)/b15-4-. The van der Waals surface area contributed by atoms with Crippen molar-refractivity contribution >= 4 is 34.8 Å². The summed E-state index contributed by atoms with van der Waals surface area (Å²) in [4.78, 5) is 15.8. The van der Waals surface area contributed by atoms with Crippen molar-refractivity contribution in [1.29, 1.82) is 0 Å². The molecule has 0 radical (unpaired) electrons. The summed E-state index contributed by atoms with van der Waals surface area (Å²) in [6, 6.07) is 0.244. The molecule has 2 aliphatic heterocycles. The van der Waals surface area contributed by atoms with Gasteiger partial charge in [0.2, 0.25) is 5.95 Å². The maximum absolute atomic E-state index is 5.96. The van der Waals surface area contributed by atoms with Gasteiger partial charge in [-0.25, -0.2) is 9.97 Å². The minimum atomic E-state index is 0.244. The molecule has 130 valence electrons.